The van der Waals surface area contributed by atoms with Crippen LogP contribution in [0.2, 0.25) is 0 Å². The fourth-order valence-electron chi connectivity index (χ4n) is 4.61. The minimum Gasteiger partial charge on any atom is -0.374 e. The normalized spacial score (nSPS) is 58.6. The molecule has 1 heterocycles. The van der Waals surface area contributed by atoms with E-state index in [-0.39, 0.29) is 0 Å². The van der Waals surface area contributed by atoms with E-state index in [0.29, 0.717) is 12.2 Å². The number of hydrogen-bond donors (Lipinski definition) is 0. The molecule has 2 saturated carbocycles. The molecule has 1 heteroatoms. The van der Waals surface area contributed by atoms with Crippen LogP contribution in [0.5, 0.6) is 0 Å². The van der Waals surface area contributed by atoms with Crippen LogP contribution in [0.15, 0.2) is 0 Å². The van der Waals surface area contributed by atoms with Gasteiger partial charge in [-0.1, -0.05) is 27.7 Å². The monoisotopic (exact) mass is 236 g/mol. The fourth-order valence-corrected chi connectivity index (χ4v) is 4.61. The van der Waals surface area contributed by atoms with Crippen molar-refractivity contribution in [3.63, 3.8) is 0 Å². The molecule has 8 unspecified atom stereocenters. The van der Waals surface area contributed by atoms with Crippen LogP contribution in [0, 0.1) is 35.5 Å². The van der Waals surface area contributed by atoms with Crippen molar-refractivity contribution in [3.05, 3.63) is 0 Å². The molecular weight excluding hydrogens is 208 g/mol. The van der Waals surface area contributed by atoms with Gasteiger partial charge in [0, 0.05) is 0 Å². The average Bonchev–Trinajstić information content (AvgIpc) is 2.58. The van der Waals surface area contributed by atoms with E-state index in [9.17, 15) is 0 Å². The molecule has 0 spiro atoms. The topological polar surface area (TPSA) is 9.23 Å². The zero-order valence-electron chi connectivity index (χ0n) is 11.9. The second-order valence-corrected chi connectivity index (χ2v) is 7.39. The molecule has 17 heavy (non-hydrogen) atoms. The minimum absolute atomic E-state index is 0.605. The van der Waals surface area contributed by atoms with E-state index in [0.717, 1.165) is 35.5 Å². The molecule has 0 aromatic rings. The highest BCUT2D eigenvalue weighted by molar-refractivity contribution is 4.98. The Hall–Kier alpha value is -0.0400. The summed E-state index contributed by atoms with van der Waals surface area (Å²) in [6.07, 6.45) is 6.70. The van der Waals surface area contributed by atoms with Crippen LogP contribution in [0.1, 0.15) is 53.4 Å². The average molecular weight is 236 g/mol. The summed E-state index contributed by atoms with van der Waals surface area (Å²) in [5.74, 6) is 5.33. The second-order valence-electron chi connectivity index (χ2n) is 7.39. The van der Waals surface area contributed by atoms with Crippen LogP contribution in [0.3, 0.4) is 0 Å². The van der Waals surface area contributed by atoms with Gasteiger partial charge in [0.1, 0.15) is 0 Å². The van der Waals surface area contributed by atoms with Crippen molar-refractivity contribution in [1.29, 1.82) is 0 Å². The summed E-state index contributed by atoms with van der Waals surface area (Å²) in [4.78, 5) is 0. The van der Waals surface area contributed by atoms with Gasteiger partial charge in [0.25, 0.3) is 0 Å². The SMILES string of the molecule is CC1CC2OC3CC(C)C(C)CC3C2CC1C. The van der Waals surface area contributed by atoms with Gasteiger partial charge in [0.05, 0.1) is 12.2 Å². The van der Waals surface area contributed by atoms with Gasteiger partial charge in [-0.15, -0.1) is 0 Å². The van der Waals surface area contributed by atoms with Crippen LogP contribution in [-0.4, -0.2) is 12.2 Å². The summed E-state index contributed by atoms with van der Waals surface area (Å²) in [6, 6.07) is 0. The smallest absolute Gasteiger partial charge is 0.0613 e. The van der Waals surface area contributed by atoms with Gasteiger partial charge in [0.2, 0.25) is 0 Å². The third-order valence-corrected chi connectivity index (χ3v) is 6.29. The van der Waals surface area contributed by atoms with E-state index < -0.39 is 0 Å². The fraction of sp³-hybridized carbons (Fsp3) is 1.00. The highest BCUT2D eigenvalue weighted by Crippen LogP contribution is 2.52. The Morgan fingerprint density at radius 1 is 0.588 bits per heavy atom. The zero-order valence-corrected chi connectivity index (χ0v) is 11.9. The summed E-state index contributed by atoms with van der Waals surface area (Å²) < 4.78 is 6.41. The summed E-state index contributed by atoms with van der Waals surface area (Å²) >= 11 is 0. The standard InChI is InChI=1S/C16H28O/c1-9-5-13-14-6-10(2)12(4)8-16(14)17-15(13)7-11(9)3/h9-16H,5-8H2,1-4H3. The maximum Gasteiger partial charge on any atom is 0.0613 e. The van der Waals surface area contributed by atoms with Crippen molar-refractivity contribution < 1.29 is 4.74 Å². The van der Waals surface area contributed by atoms with E-state index in [1.165, 1.54) is 25.7 Å². The Labute approximate surface area is 106 Å². The predicted octanol–water partition coefficient (Wildman–Crippen LogP) is 4.12. The maximum atomic E-state index is 6.41. The first kappa shape index (κ1) is 12.0. The Morgan fingerprint density at radius 2 is 0.941 bits per heavy atom. The molecule has 0 bridgehead atoms. The number of fused-ring (bicyclic) bond motifs is 3. The third-order valence-electron chi connectivity index (χ3n) is 6.29. The molecule has 1 saturated heterocycles. The van der Waals surface area contributed by atoms with Crippen molar-refractivity contribution >= 4 is 0 Å². The molecular formula is C16H28O. The van der Waals surface area contributed by atoms with Crippen LogP contribution in [0.25, 0.3) is 0 Å². The highest BCUT2D eigenvalue weighted by Gasteiger charge is 2.50. The quantitative estimate of drug-likeness (QED) is 0.615. The van der Waals surface area contributed by atoms with Crippen LogP contribution in [-0.2, 0) is 4.74 Å². The predicted molar refractivity (Wildman–Crippen MR) is 70.8 cm³/mol. The van der Waals surface area contributed by atoms with Crippen LogP contribution in [0.4, 0.5) is 0 Å². The van der Waals surface area contributed by atoms with Gasteiger partial charge >= 0.3 is 0 Å². The maximum absolute atomic E-state index is 6.41. The third kappa shape index (κ3) is 1.95. The number of ether oxygens (including phenoxy) is 1. The first-order valence-electron chi connectivity index (χ1n) is 7.71. The van der Waals surface area contributed by atoms with E-state index in [1.54, 1.807) is 0 Å². The lowest BCUT2D eigenvalue weighted by atomic mass is 9.64. The van der Waals surface area contributed by atoms with Crippen LogP contribution < -0.4 is 0 Å². The van der Waals surface area contributed by atoms with E-state index in [2.05, 4.69) is 27.7 Å². The molecule has 0 N–H and O–H groups in total. The van der Waals surface area contributed by atoms with Gasteiger partial charge in [-0.05, 0) is 61.2 Å². The van der Waals surface area contributed by atoms with Gasteiger partial charge in [0.15, 0.2) is 0 Å². The summed E-state index contributed by atoms with van der Waals surface area (Å²) in [5, 5.41) is 0. The molecule has 1 nitrogen and oxygen atoms in total. The Morgan fingerprint density at radius 3 is 1.35 bits per heavy atom. The highest BCUT2D eigenvalue weighted by atomic mass is 16.5. The molecule has 2 aliphatic carbocycles. The summed E-state index contributed by atoms with van der Waals surface area (Å²) in [5.41, 5.74) is 0. The van der Waals surface area contributed by atoms with Gasteiger partial charge in [-0.25, -0.2) is 0 Å². The van der Waals surface area contributed by atoms with Crippen molar-refractivity contribution in [2.24, 2.45) is 35.5 Å². The van der Waals surface area contributed by atoms with Crippen molar-refractivity contribution in [2.75, 3.05) is 0 Å². The molecule has 0 radical (unpaired) electrons. The molecule has 3 rings (SSSR count). The number of rotatable bonds is 0. The first-order chi connectivity index (χ1) is 8.06. The molecule has 98 valence electrons. The van der Waals surface area contributed by atoms with Gasteiger partial charge < -0.3 is 4.74 Å². The minimum atomic E-state index is 0.605. The van der Waals surface area contributed by atoms with Crippen molar-refractivity contribution in [2.45, 2.75) is 65.6 Å². The molecule has 0 aromatic carbocycles. The van der Waals surface area contributed by atoms with E-state index in [1.807, 2.05) is 0 Å². The zero-order chi connectivity index (χ0) is 12.2. The Kier molecular flexibility index (Phi) is 3.01. The largest absolute Gasteiger partial charge is 0.374 e. The summed E-state index contributed by atoms with van der Waals surface area (Å²) in [7, 11) is 0. The number of hydrogen-bond acceptors (Lipinski definition) is 1. The van der Waals surface area contributed by atoms with Crippen LogP contribution >= 0.6 is 0 Å². The Balaban J connectivity index is 1.75. The molecule has 0 amide bonds. The molecule has 1 aliphatic heterocycles. The molecule has 0 aromatic heterocycles. The lowest BCUT2D eigenvalue weighted by molar-refractivity contribution is -0.0222. The van der Waals surface area contributed by atoms with E-state index >= 15 is 0 Å². The molecule has 3 fully saturated rings. The Bertz CT molecular complexity index is 259. The first-order valence-corrected chi connectivity index (χ1v) is 7.71. The molecule has 8 atom stereocenters. The van der Waals surface area contributed by atoms with Crippen molar-refractivity contribution in [3.8, 4) is 0 Å². The van der Waals surface area contributed by atoms with Crippen molar-refractivity contribution in [1.82, 2.24) is 0 Å². The lowest BCUT2D eigenvalue weighted by Crippen LogP contribution is -2.36. The van der Waals surface area contributed by atoms with Gasteiger partial charge in [-0.2, -0.15) is 0 Å². The lowest BCUT2D eigenvalue weighted by Gasteiger charge is -2.39. The summed E-state index contributed by atoms with van der Waals surface area (Å²) in [6.45, 7) is 9.72. The second kappa shape index (κ2) is 4.26. The van der Waals surface area contributed by atoms with E-state index in [4.69, 9.17) is 4.74 Å². The molecule has 3 aliphatic rings. The van der Waals surface area contributed by atoms with Gasteiger partial charge in [-0.3, -0.25) is 0 Å².